The zero-order valence-corrected chi connectivity index (χ0v) is 11.6. The van der Waals surface area contributed by atoms with Gasteiger partial charge in [0.05, 0.1) is 31.0 Å². The summed E-state index contributed by atoms with van der Waals surface area (Å²) < 4.78 is 6.67. The van der Waals surface area contributed by atoms with Crippen LogP contribution < -0.4 is 0 Å². The summed E-state index contributed by atoms with van der Waals surface area (Å²) in [5, 5.41) is 4.38. The monoisotopic (exact) mass is 271 g/mol. The van der Waals surface area contributed by atoms with Crippen LogP contribution in [0.15, 0.2) is 30.7 Å². The molecule has 0 unspecified atom stereocenters. The van der Waals surface area contributed by atoms with Crippen LogP contribution in [0.25, 0.3) is 11.3 Å². The molecule has 20 heavy (non-hydrogen) atoms. The minimum absolute atomic E-state index is 0.0233. The molecule has 2 aromatic heterocycles. The molecule has 3 rings (SSSR count). The highest BCUT2D eigenvalue weighted by molar-refractivity contribution is 5.73. The second-order valence-corrected chi connectivity index (χ2v) is 5.28. The summed E-state index contributed by atoms with van der Waals surface area (Å²) >= 11 is 0. The average Bonchev–Trinajstić information content (AvgIpc) is 2.87. The van der Waals surface area contributed by atoms with Gasteiger partial charge >= 0.3 is 5.97 Å². The Kier molecular flexibility index (Phi) is 3.26. The van der Waals surface area contributed by atoms with Gasteiger partial charge in [-0.3, -0.25) is 14.5 Å². The van der Waals surface area contributed by atoms with Crippen LogP contribution in [-0.4, -0.2) is 27.8 Å². The topological polar surface area (TPSA) is 57.0 Å². The van der Waals surface area contributed by atoms with E-state index in [9.17, 15) is 4.79 Å². The molecule has 2 aromatic rings. The van der Waals surface area contributed by atoms with Gasteiger partial charge in [0.2, 0.25) is 0 Å². The first kappa shape index (κ1) is 12.8. The van der Waals surface area contributed by atoms with E-state index in [1.165, 1.54) is 7.11 Å². The Morgan fingerprint density at radius 2 is 2.15 bits per heavy atom. The lowest BCUT2D eigenvalue weighted by atomic mass is 9.80. The van der Waals surface area contributed by atoms with Gasteiger partial charge in [-0.15, -0.1) is 0 Å². The number of pyridine rings is 1. The minimum Gasteiger partial charge on any atom is -0.469 e. The molecule has 0 saturated heterocycles. The first-order valence-corrected chi connectivity index (χ1v) is 6.72. The lowest BCUT2D eigenvalue weighted by Crippen LogP contribution is -2.33. The van der Waals surface area contributed by atoms with Crippen molar-refractivity contribution >= 4 is 5.97 Å². The van der Waals surface area contributed by atoms with Crippen molar-refractivity contribution < 1.29 is 9.53 Å². The maximum Gasteiger partial charge on any atom is 0.308 e. The molecule has 0 bridgehead atoms. The quantitative estimate of drug-likeness (QED) is 0.804. The standard InChI is InChI=1S/C15H17N3O2/c1-10-3-4-14(16-7-10)12-8-17-18(9-12)13-5-11(6-13)15(19)20-2/h3-4,7-9,11,13H,5-6H2,1-2H3. The molecule has 0 amide bonds. The van der Waals surface area contributed by atoms with E-state index in [0.29, 0.717) is 6.04 Å². The van der Waals surface area contributed by atoms with Crippen molar-refractivity contribution in [2.45, 2.75) is 25.8 Å². The van der Waals surface area contributed by atoms with E-state index in [-0.39, 0.29) is 11.9 Å². The number of carbonyl (C=O) groups excluding carboxylic acids is 1. The Hall–Kier alpha value is -2.17. The molecule has 1 fully saturated rings. The summed E-state index contributed by atoms with van der Waals surface area (Å²) in [5.41, 5.74) is 3.07. The molecule has 104 valence electrons. The summed E-state index contributed by atoms with van der Waals surface area (Å²) in [6, 6.07) is 4.32. The first-order valence-electron chi connectivity index (χ1n) is 6.72. The van der Waals surface area contributed by atoms with Gasteiger partial charge in [0.25, 0.3) is 0 Å². The van der Waals surface area contributed by atoms with Crippen LogP contribution in [0.1, 0.15) is 24.4 Å². The van der Waals surface area contributed by atoms with Crippen molar-refractivity contribution in [2.24, 2.45) is 5.92 Å². The van der Waals surface area contributed by atoms with E-state index in [4.69, 9.17) is 4.74 Å². The van der Waals surface area contributed by atoms with Crippen molar-refractivity contribution in [1.82, 2.24) is 14.8 Å². The van der Waals surface area contributed by atoms with Crippen molar-refractivity contribution in [3.63, 3.8) is 0 Å². The maximum atomic E-state index is 11.4. The lowest BCUT2D eigenvalue weighted by molar-refractivity contribution is -0.149. The highest BCUT2D eigenvalue weighted by atomic mass is 16.5. The molecular weight excluding hydrogens is 254 g/mol. The zero-order chi connectivity index (χ0) is 14.1. The molecular formula is C15H17N3O2. The largest absolute Gasteiger partial charge is 0.469 e. The fraction of sp³-hybridized carbons (Fsp3) is 0.400. The Balaban J connectivity index is 1.69. The van der Waals surface area contributed by atoms with Gasteiger partial charge < -0.3 is 4.74 Å². The van der Waals surface area contributed by atoms with Crippen LogP contribution in [0.5, 0.6) is 0 Å². The molecule has 0 radical (unpaired) electrons. The number of methoxy groups -OCH3 is 1. The van der Waals surface area contributed by atoms with Crippen LogP contribution in [0, 0.1) is 12.8 Å². The summed E-state index contributed by atoms with van der Waals surface area (Å²) in [6.07, 6.45) is 7.27. The van der Waals surface area contributed by atoms with E-state index in [0.717, 1.165) is 29.7 Å². The molecule has 1 aliphatic carbocycles. The van der Waals surface area contributed by atoms with E-state index >= 15 is 0 Å². The number of aryl methyl sites for hydroxylation is 1. The third-order valence-electron chi connectivity index (χ3n) is 3.83. The third-order valence-corrected chi connectivity index (χ3v) is 3.83. The smallest absolute Gasteiger partial charge is 0.308 e. The molecule has 0 aromatic carbocycles. The highest BCUT2D eigenvalue weighted by Crippen LogP contribution is 2.38. The first-order chi connectivity index (χ1) is 9.67. The molecule has 2 heterocycles. The SMILES string of the molecule is COC(=O)C1CC(n2cc(-c3ccc(C)cn3)cn2)C1. The van der Waals surface area contributed by atoms with Gasteiger partial charge in [-0.1, -0.05) is 6.07 Å². The van der Waals surface area contributed by atoms with Crippen LogP contribution in [-0.2, 0) is 9.53 Å². The Bertz CT molecular complexity index is 612. The highest BCUT2D eigenvalue weighted by Gasteiger charge is 2.36. The van der Waals surface area contributed by atoms with Crippen LogP contribution in [0.3, 0.4) is 0 Å². The second-order valence-electron chi connectivity index (χ2n) is 5.28. The van der Waals surface area contributed by atoms with Crippen LogP contribution in [0.4, 0.5) is 0 Å². The number of esters is 1. The summed E-state index contributed by atoms with van der Waals surface area (Å²) in [6.45, 7) is 2.02. The number of hydrogen-bond donors (Lipinski definition) is 0. The molecule has 0 atom stereocenters. The number of rotatable bonds is 3. The Labute approximate surface area is 117 Å². The maximum absolute atomic E-state index is 11.4. The zero-order valence-electron chi connectivity index (χ0n) is 11.6. The molecule has 0 N–H and O–H groups in total. The van der Waals surface area contributed by atoms with Gasteiger partial charge in [0, 0.05) is 18.0 Å². The van der Waals surface area contributed by atoms with Crippen molar-refractivity contribution in [2.75, 3.05) is 7.11 Å². The molecule has 5 nitrogen and oxygen atoms in total. The number of aromatic nitrogens is 3. The van der Waals surface area contributed by atoms with E-state index in [1.54, 1.807) is 0 Å². The van der Waals surface area contributed by atoms with Gasteiger partial charge in [-0.2, -0.15) is 5.10 Å². The summed E-state index contributed by atoms with van der Waals surface area (Å²) in [7, 11) is 1.44. The number of carbonyl (C=O) groups is 1. The minimum atomic E-state index is -0.117. The summed E-state index contributed by atoms with van der Waals surface area (Å²) in [4.78, 5) is 15.8. The van der Waals surface area contributed by atoms with Gasteiger partial charge in [0.15, 0.2) is 0 Å². The predicted octanol–water partition coefficient (Wildman–Crippen LogP) is 2.38. The normalized spacial score (nSPS) is 21.3. The second kappa shape index (κ2) is 5.07. The molecule has 0 aliphatic heterocycles. The summed E-state index contributed by atoms with van der Waals surface area (Å²) in [5.74, 6) is -0.0935. The fourth-order valence-corrected chi connectivity index (χ4v) is 2.47. The molecule has 5 heteroatoms. The predicted molar refractivity (Wildman–Crippen MR) is 74.0 cm³/mol. The number of ether oxygens (including phenoxy) is 1. The molecule has 1 saturated carbocycles. The Morgan fingerprint density at radius 3 is 2.80 bits per heavy atom. The van der Waals surface area contributed by atoms with Crippen molar-refractivity contribution in [3.8, 4) is 11.3 Å². The average molecular weight is 271 g/mol. The fourth-order valence-electron chi connectivity index (χ4n) is 2.47. The van der Waals surface area contributed by atoms with E-state index in [1.807, 2.05) is 42.3 Å². The lowest BCUT2D eigenvalue weighted by Gasteiger charge is -2.33. The molecule has 1 aliphatic rings. The Morgan fingerprint density at radius 1 is 1.35 bits per heavy atom. The van der Waals surface area contributed by atoms with Crippen molar-refractivity contribution in [1.29, 1.82) is 0 Å². The van der Waals surface area contributed by atoms with Crippen LogP contribution in [0.2, 0.25) is 0 Å². The molecule has 0 spiro atoms. The third kappa shape index (κ3) is 2.31. The number of nitrogens with zero attached hydrogens (tertiary/aromatic N) is 3. The van der Waals surface area contributed by atoms with Gasteiger partial charge in [0.1, 0.15) is 0 Å². The number of hydrogen-bond acceptors (Lipinski definition) is 4. The van der Waals surface area contributed by atoms with Gasteiger partial charge in [-0.05, 0) is 31.4 Å². The van der Waals surface area contributed by atoms with E-state index in [2.05, 4.69) is 10.1 Å². The van der Waals surface area contributed by atoms with Gasteiger partial charge in [-0.25, -0.2) is 0 Å². The van der Waals surface area contributed by atoms with Crippen molar-refractivity contribution in [3.05, 3.63) is 36.3 Å². The van der Waals surface area contributed by atoms with E-state index < -0.39 is 0 Å². The van der Waals surface area contributed by atoms with Crippen LogP contribution >= 0.6 is 0 Å².